The molecule has 0 amide bonds. The Labute approximate surface area is 49.1 Å². The Morgan fingerprint density at radius 2 is 2.12 bits per heavy atom. The number of nitrogens with one attached hydrogen (secondary N) is 1. The number of H-pyrrole nitrogens is 1. The van der Waals surface area contributed by atoms with Crippen molar-refractivity contribution in [2.24, 2.45) is 0 Å². The lowest BCUT2D eigenvalue weighted by Gasteiger charge is -1.73. The van der Waals surface area contributed by atoms with Gasteiger partial charge in [-0.1, -0.05) is 6.07 Å². The smallest absolute Gasteiger partial charge is 0.247 e. The van der Waals surface area contributed by atoms with Gasteiger partial charge >= 0.3 is 0 Å². The van der Waals surface area contributed by atoms with Crippen LogP contribution in [-0.4, -0.2) is 13.4 Å². The minimum Gasteiger partial charge on any atom is -0.329 e. The third-order valence-corrected chi connectivity index (χ3v) is 0.681. The van der Waals surface area contributed by atoms with E-state index in [4.69, 9.17) is 0 Å². The van der Waals surface area contributed by atoms with Gasteiger partial charge in [0.1, 0.15) is 0 Å². The van der Waals surface area contributed by atoms with Gasteiger partial charge < -0.3 is 4.98 Å². The highest BCUT2D eigenvalue weighted by molar-refractivity contribution is 5.75. The topological polar surface area (TPSA) is 32.9 Å². The summed E-state index contributed by atoms with van der Waals surface area (Å²) in [5, 5.41) is 0. The Morgan fingerprint density at radius 3 is 2.38 bits per heavy atom. The highest BCUT2D eigenvalue weighted by Gasteiger charge is 1.69. The monoisotopic (exact) mass is 109 g/mol. The molecule has 0 bridgehead atoms. The van der Waals surface area contributed by atoms with Crippen LogP contribution in [0.2, 0.25) is 0 Å². The van der Waals surface area contributed by atoms with Gasteiger partial charge in [0.2, 0.25) is 5.56 Å². The van der Waals surface area contributed by atoms with Gasteiger partial charge in [0, 0.05) is 12.3 Å². The van der Waals surface area contributed by atoms with Crippen molar-refractivity contribution in [3.63, 3.8) is 0 Å². The van der Waals surface area contributed by atoms with Gasteiger partial charge in [-0.3, -0.25) is 4.79 Å². The molecule has 0 aromatic carbocycles. The molecule has 42 valence electrons. The van der Waals surface area contributed by atoms with Crippen molar-refractivity contribution in [1.29, 1.82) is 0 Å². The first kappa shape index (κ1) is 7.01. The van der Waals surface area contributed by atoms with E-state index in [1.54, 1.807) is 18.3 Å². The second kappa shape index (κ2) is 3.07. The number of hydrogen-bond acceptors (Lipinski definition) is 1. The zero-order valence-electron chi connectivity index (χ0n) is 3.72. The Hall–Kier alpha value is -0.985. The maximum absolute atomic E-state index is 10.2. The third kappa shape index (κ3) is 1.64. The zero-order valence-corrected chi connectivity index (χ0v) is 3.72. The predicted molar refractivity (Wildman–Crippen MR) is 37.0 cm³/mol. The molecule has 0 atom stereocenters. The summed E-state index contributed by atoms with van der Waals surface area (Å²) in [6.07, 6.45) is 1.60. The molecule has 0 radical (unpaired) electrons. The quantitative estimate of drug-likeness (QED) is 0.434. The summed E-state index contributed by atoms with van der Waals surface area (Å²) in [5.74, 6) is 0. The van der Waals surface area contributed by atoms with Crippen LogP contribution in [0.1, 0.15) is 0 Å². The summed E-state index contributed by atoms with van der Waals surface area (Å²) >= 11 is 0. The van der Waals surface area contributed by atoms with Crippen LogP contribution >= 0.6 is 0 Å². The Bertz CT molecular complexity index is 178. The summed E-state index contributed by atoms with van der Waals surface area (Å²) < 4.78 is 0. The van der Waals surface area contributed by atoms with E-state index in [-0.39, 0.29) is 14.0 Å². The third-order valence-electron chi connectivity index (χ3n) is 0.681. The van der Waals surface area contributed by atoms with Crippen LogP contribution in [0.15, 0.2) is 29.2 Å². The van der Waals surface area contributed by atoms with E-state index >= 15 is 0 Å². The van der Waals surface area contributed by atoms with Crippen molar-refractivity contribution < 1.29 is 0 Å². The molecule has 1 rings (SSSR count). The fourth-order valence-corrected chi connectivity index (χ4v) is 0.377. The largest absolute Gasteiger partial charge is 0.329 e. The van der Waals surface area contributed by atoms with Gasteiger partial charge in [0.15, 0.2) is 0 Å². The molecule has 0 unspecified atom stereocenters. The highest BCUT2D eigenvalue weighted by atomic mass is 16.1. The fourth-order valence-electron chi connectivity index (χ4n) is 0.377. The summed E-state index contributed by atoms with van der Waals surface area (Å²) in [4.78, 5) is 12.7. The molecule has 0 fully saturated rings. The van der Waals surface area contributed by atoms with E-state index in [0.717, 1.165) is 0 Å². The molecule has 0 aliphatic heterocycles. The maximum Gasteiger partial charge on any atom is 0.247 e. The van der Waals surface area contributed by atoms with Crippen molar-refractivity contribution in [3.05, 3.63) is 34.7 Å². The van der Waals surface area contributed by atoms with Gasteiger partial charge in [-0.05, 0) is 6.07 Å². The first-order chi connectivity index (χ1) is 3.39. The molecule has 3 heteroatoms. The summed E-state index contributed by atoms with van der Waals surface area (Å²) in [7, 11) is 0. The van der Waals surface area contributed by atoms with Crippen LogP contribution in [0.4, 0.5) is 0 Å². The molecule has 0 saturated carbocycles. The molecular weight excluding hydrogens is 101 g/mol. The molecule has 2 nitrogen and oxygen atoms in total. The number of aromatic amines is 1. The van der Waals surface area contributed by atoms with Crippen molar-refractivity contribution in [3.8, 4) is 0 Å². The molecule has 8 heavy (non-hydrogen) atoms. The molecule has 1 N–H and O–H groups in total. The van der Waals surface area contributed by atoms with E-state index in [1.807, 2.05) is 0 Å². The van der Waals surface area contributed by atoms with Gasteiger partial charge in [0.25, 0.3) is 0 Å². The molecule has 1 heterocycles. The average molecular weight is 109 g/mol. The van der Waals surface area contributed by atoms with E-state index in [0.29, 0.717) is 0 Å². The van der Waals surface area contributed by atoms with E-state index in [1.165, 1.54) is 6.07 Å². The molecule has 0 saturated heterocycles. The fraction of sp³-hybridized carbons (Fsp3) is 0. The summed E-state index contributed by atoms with van der Waals surface area (Å²) in [5.41, 5.74) is -0.0532. The first-order valence-electron chi connectivity index (χ1n) is 2.03. The van der Waals surface area contributed by atoms with Crippen LogP contribution in [0.3, 0.4) is 0 Å². The molecule has 0 aliphatic rings. The summed E-state index contributed by atoms with van der Waals surface area (Å²) in [6.45, 7) is 0. The van der Waals surface area contributed by atoms with Crippen LogP contribution in [0, 0.1) is 0 Å². The average Bonchev–Trinajstić information content (AvgIpc) is 1.69. The number of pyridine rings is 1. The van der Waals surface area contributed by atoms with Gasteiger partial charge in [-0.2, -0.15) is 0 Å². The standard InChI is InChI=1S/C5H5NO.BH3/c7-5-3-1-2-4-6-5;/h1-4H,(H,6,7);1H3. The van der Waals surface area contributed by atoms with E-state index in [2.05, 4.69) is 4.98 Å². The van der Waals surface area contributed by atoms with E-state index in [9.17, 15) is 4.79 Å². The van der Waals surface area contributed by atoms with Crippen LogP contribution in [0.25, 0.3) is 0 Å². The lowest BCUT2D eigenvalue weighted by atomic mass is 10.5. The number of rotatable bonds is 0. The van der Waals surface area contributed by atoms with Crippen molar-refractivity contribution in [1.82, 2.24) is 4.98 Å². The molecule has 1 aromatic heterocycles. The predicted octanol–water partition coefficient (Wildman–Crippen LogP) is -0.809. The lowest BCUT2D eigenvalue weighted by Crippen LogP contribution is -1.98. The lowest BCUT2D eigenvalue weighted by molar-refractivity contribution is 1.24. The van der Waals surface area contributed by atoms with Crippen molar-refractivity contribution in [2.45, 2.75) is 0 Å². The van der Waals surface area contributed by atoms with Crippen LogP contribution < -0.4 is 5.56 Å². The van der Waals surface area contributed by atoms with Gasteiger partial charge in [-0.15, -0.1) is 0 Å². The van der Waals surface area contributed by atoms with Crippen LogP contribution in [-0.2, 0) is 0 Å². The first-order valence-corrected chi connectivity index (χ1v) is 2.03. The van der Waals surface area contributed by atoms with Gasteiger partial charge in [0.05, 0.1) is 8.41 Å². The Balaban J connectivity index is 0.000000490. The van der Waals surface area contributed by atoms with Crippen molar-refractivity contribution >= 4 is 8.41 Å². The van der Waals surface area contributed by atoms with Gasteiger partial charge in [-0.25, -0.2) is 0 Å². The normalized spacial score (nSPS) is 7.50. The number of aromatic nitrogens is 1. The zero-order chi connectivity index (χ0) is 5.11. The number of hydrogen-bond donors (Lipinski definition) is 1. The van der Waals surface area contributed by atoms with Crippen LogP contribution in [0.5, 0.6) is 0 Å². The Kier molecular flexibility index (Phi) is 2.70. The highest BCUT2D eigenvalue weighted by Crippen LogP contribution is 1.67. The second-order valence-corrected chi connectivity index (χ2v) is 1.23. The van der Waals surface area contributed by atoms with Crippen molar-refractivity contribution in [2.75, 3.05) is 0 Å². The molecular formula is C5H8BNO. The second-order valence-electron chi connectivity index (χ2n) is 1.23. The van der Waals surface area contributed by atoms with E-state index < -0.39 is 0 Å². The maximum atomic E-state index is 10.2. The summed E-state index contributed by atoms with van der Waals surface area (Å²) in [6, 6.07) is 4.93. The molecule has 0 spiro atoms. The SMILES string of the molecule is B.O=c1cccc[nH]1. The molecule has 1 aromatic rings. The molecule has 0 aliphatic carbocycles. The minimum absolute atomic E-state index is 0. The minimum atomic E-state index is -0.0532. The Morgan fingerprint density at radius 1 is 1.38 bits per heavy atom.